The van der Waals surface area contributed by atoms with Crippen molar-refractivity contribution in [1.29, 1.82) is 0 Å². The molecule has 0 bridgehead atoms. The van der Waals surface area contributed by atoms with Crippen LogP contribution in [0.5, 0.6) is 0 Å². The van der Waals surface area contributed by atoms with Crippen LogP contribution >= 0.6 is 20.0 Å². The Labute approximate surface area is 95.0 Å². The van der Waals surface area contributed by atoms with Gasteiger partial charge in [-0.2, -0.15) is 0 Å². The average molecular weight is 332 g/mol. The molecule has 0 heterocycles. The summed E-state index contributed by atoms with van der Waals surface area (Å²) in [6, 6.07) is 0. The Hall–Kier alpha value is 1.67. The first-order valence-corrected chi connectivity index (χ1v) is 16.1. The topological polar surface area (TPSA) is 0 Å². The molecule has 0 aromatic rings. The van der Waals surface area contributed by atoms with Crippen LogP contribution in [0.2, 0.25) is 21.0 Å². The zero-order valence-corrected chi connectivity index (χ0v) is 14.3. The molecule has 0 amide bonds. The summed E-state index contributed by atoms with van der Waals surface area (Å²) in [6.07, 6.45) is 0. The second-order valence-corrected chi connectivity index (χ2v) is 18.3. The van der Waals surface area contributed by atoms with Crippen molar-refractivity contribution in [3.8, 4) is 0 Å². The number of halogens is 2. The number of hydrogen-bond donors (Lipinski definition) is 0. The van der Waals surface area contributed by atoms with E-state index in [1.807, 2.05) is 0 Å². The molecule has 0 aliphatic heterocycles. The van der Waals surface area contributed by atoms with E-state index in [4.69, 9.17) is 20.0 Å². The molecule has 12 heavy (non-hydrogen) atoms. The van der Waals surface area contributed by atoms with Crippen LogP contribution in [0, 0.1) is 0 Å². The molecule has 0 fully saturated rings. The van der Waals surface area contributed by atoms with Crippen molar-refractivity contribution in [3.63, 3.8) is 0 Å². The van der Waals surface area contributed by atoms with Gasteiger partial charge < -0.3 is 0 Å². The molecule has 0 aromatic carbocycles. The summed E-state index contributed by atoms with van der Waals surface area (Å²) in [5.74, 6) is 0. The monoisotopic (exact) mass is 334 g/mol. The van der Waals surface area contributed by atoms with E-state index in [1.54, 1.807) is 0 Å². The molecule has 0 aliphatic carbocycles. The van der Waals surface area contributed by atoms with Crippen molar-refractivity contribution >= 4 is 46.9 Å². The van der Waals surface area contributed by atoms with Gasteiger partial charge in [0.1, 0.15) is 0 Å². The summed E-state index contributed by atoms with van der Waals surface area (Å²) in [4.78, 5) is 0. The normalized spacial score (nSPS) is 10.0. The van der Waals surface area contributed by atoms with E-state index in [9.17, 15) is 0 Å². The van der Waals surface area contributed by atoms with Crippen LogP contribution in [0.25, 0.3) is 0 Å². The molecular formula is C8H20Cl2Ge2. The molecule has 0 saturated heterocycles. The third-order valence-electron chi connectivity index (χ3n) is 1.53. The molecule has 74 valence electrons. The molecule has 0 saturated carbocycles. The van der Waals surface area contributed by atoms with Crippen LogP contribution in [-0.2, 0) is 0 Å². The number of rotatable bonds is 4. The van der Waals surface area contributed by atoms with E-state index < -0.39 is 26.8 Å². The van der Waals surface area contributed by atoms with Gasteiger partial charge in [-0.15, -0.1) is 0 Å². The Morgan fingerprint density at radius 1 is 0.667 bits per heavy atom. The molecule has 0 unspecified atom stereocenters. The fourth-order valence-electron chi connectivity index (χ4n) is 0.500. The Bertz CT molecular complexity index is 63.5. The number of hydrogen-bond acceptors (Lipinski definition) is 0. The van der Waals surface area contributed by atoms with Crippen molar-refractivity contribution in [1.82, 2.24) is 0 Å². The Balaban J connectivity index is 0. The van der Waals surface area contributed by atoms with Gasteiger partial charge in [0.05, 0.1) is 0 Å². The molecule has 2 radical (unpaired) electrons. The fourth-order valence-corrected chi connectivity index (χ4v) is 2.60. The fraction of sp³-hybridized carbons (Fsp3) is 1.00. The first-order chi connectivity index (χ1) is 5.62. The molecule has 0 atom stereocenters. The molecule has 0 N–H and O–H groups in total. The Morgan fingerprint density at radius 2 is 0.833 bits per heavy atom. The standard InChI is InChI=1S/2C4H10ClGe/c2*1-3-6(5)4-2/h2*3-4H2,1-2H3. The van der Waals surface area contributed by atoms with Crippen molar-refractivity contribution < 1.29 is 0 Å². The summed E-state index contributed by atoms with van der Waals surface area (Å²) in [7, 11) is 11.6. The quantitative estimate of drug-likeness (QED) is 0.664. The summed E-state index contributed by atoms with van der Waals surface area (Å²) < 4.78 is 0. The van der Waals surface area contributed by atoms with Gasteiger partial charge in [-0.05, 0) is 0 Å². The van der Waals surface area contributed by atoms with Crippen molar-refractivity contribution in [2.75, 3.05) is 0 Å². The second kappa shape index (κ2) is 12.7. The Kier molecular flexibility index (Phi) is 17.0. The van der Waals surface area contributed by atoms with Crippen LogP contribution in [-0.4, -0.2) is 26.8 Å². The van der Waals surface area contributed by atoms with Gasteiger partial charge in [0, 0.05) is 0 Å². The van der Waals surface area contributed by atoms with Gasteiger partial charge in [0.25, 0.3) is 0 Å². The van der Waals surface area contributed by atoms with E-state index >= 15 is 0 Å². The third-order valence-corrected chi connectivity index (χ3v) is 13.5. The van der Waals surface area contributed by atoms with Gasteiger partial charge >= 0.3 is 95.6 Å². The molecule has 0 nitrogen and oxygen atoms in total. The maximum atomic E-state index is 5.82. The van der Waals surface area contributed by atoms with Gasteiger partial charge in [-0.1, -0.05) is 0 Å². The van der Waals surface area contributed by atoms with Gasteiger partial charge in [-0.25, -0.2) is 0 Å². The molecule has 4 heteroatoms. The average Bonchev–Trinajstić information content (AvgIpc) is 2.16. The SMILES string of the molecule is C[CH2][Ge]([Cl])[CH2]C.C[CH2][Ge]([Cl])[CH2]C. The van der Waals surface area contributed by atoms with Crippen molar-refractivity contribution in [2.45, 2.75) is 48.7 Å². The van der Waals surface area contributed by atoms with E-state index in [-0.39, 0.29) is 0 Å². The Morgan fingerprint density at radius 3 is 0.833 bits per heavy atom. The van der Waals surface area contributed by atoms with Gasteiger partial charge in [0.2, 0.25) is 0 Å². The zero-order valence-electron chi connectivity index (χ0n) is 8.58. The minimum atomic E-state index is -0.907. The van der Waals surface area contributed by atoms with Crippen LogP contribution < -0.4 is 0 Å². The first kappa shape index (κ1) is 16.1. The molecule has 0 spiro atoms. The van der Waals surface area contributed by atoms with Gasteiger partial charge in [-0.3, -0.25) is 0 Å². The van der Waals surface area contributed by atoms with Crippen molar-refractivity contribution in [3.05, 3.63) is 0 Å². The molecule has 0 aliphatic rings. The maximum absolute atomic E-state index is 5.82. The van der Waals surface area contributed by atoms with Crippen LogP contribution in [0.4, 0.5) is 0 Å². The summed E-state index contributed by atoms with van der Waals surface area (Å²) in [6.45, 7) is 8.69. The molecule has 0 aromatic heterocycles. The van der Waals surface area contributed by atoms with E-state index in [0.717, 1.165) is 0 Å². The van der Waals surface area contributed by atoms with Crippen LogP contribution in [0.15, 0.2) is 0 Å². The van der Waals surface area contributed by atoms with E-state index in [0.29, 0.717) is 0 Å². The first-order valence-electron chi connectivity index (χ1n) is 4.62. The molecular weight excluding hydrogens is 312 g/mol. The van der Waals surface area contributed by atoms with Crippen LogP contribution in [0.1, 0.15) is 27.7 Å². The summed E-state index contributed by atoms with van der Waals surface area (Å²) in [5, 5.41) is 5.05. The minimum absolute atomic E-state index is 0.907. The second-order valence-electron chi connectivity index (χ2n) is 2.45. The summed E-state index contributed by atoms with van der Waals surface area (Å²) >= 11 is -1.81. The molecule has 0 rings (SSSR count). The predicted molar refractivity (Wildman–Crippen MR) is 65.1 cm³/mol. The third kappa shape index (κ3) is 14.2. The van der Waals surface area contributed by atoms with E-state index in [2.05, 4.69) is 27.7 Å². The zero-order chi connectivity index (χ0) is 9.98. The van der Waals surface area contributed by atoms with Crippen molar-refractivity contribution in [2.24, 2.45) is 0 Å². The summed E-state index contributed by atoms with van der Waals surface area (Å²) in [5.41, 5.74) is 0. The predicted octanol–water partition coefficient (Wildman–Crippen LogP) is 4.51. The van der Waals surface area contributed by atoms with E-state index in [1.165, 1.54) is 21.0 Å². The van der Waals surface area contributed by atoms with Crippen LogP contribution in [0.3, 0.4) is 0 Å². The van der Waals surface area contributed by atoms with Gasteiger partial charge in [0.15, 0.2) is 0 Å².